The second-order valence-electron chi connectivity index (χ2n) is 6.79. The number of hydrogen-bond acceptors (Lipinski definition) is 7. The minimum atomic E-state index is -1.34. The van der Waals surface area contributed by atoms with Crippen LogP contribution in [0.3, 0.4) is 0 Å². The minimum absolute atomic E-state index is 0.0128. The summed E-state index contributed by atoms with van der Waals surface area (Å²) in [7, 11) is 0. The van der Waals surface area contributed by atoms with Crippen LogP contribution < -0.4 is 27.4 Å². The molecule has 0 rings (SSSR count). The van der Waals surface area contributed by atoms with Crippen LogP contribution in [-0.2, 0) is 24.0 Å². The van der Waals surface area contributed by atoms with Gasteiger partial charge in [-0.15, -0.1) is 0 Å². The van der Waals surface area contributed by atoms with Gasteiger partial charge in [-0.1, -0.05) is 13.8 Å². The van der Waals surface area contributed by atoms with Crippen LogP contribution in [0, 0.1) is 5.92 Å². The van der Waals surface area contributed by atoms with Crippen LogP contribution in [0.5, 0.6) is 0 Å². The van der Waals surface area contributed by atoms with E-state index < -0.39 is 60.2 Å². The van der Waals surface area contributed by atoms with Gasteiger partial charge in [-0.05, 0) is 19.3 Å². The zero-order valence-electron chi connectivity index (χ0n) is 16.1. The number of hydrogen-bond donors (Lipinski definition) is 7. The van der Waals surface area contributed by atoms with E-state index in [1.807, 2.05) is 0 Å². The standard InChI is InChI=1S/C16H29N5O6S/c1-7(2)4-10(16(26)27)20-15(25)11(6-28)21-14(24)9(5-12(18)22)19-13(23)8(3)17/h7-11,28H,4-6,17H2,1-3H3,(H2,18,22)(H,19,23)(H,20,25)(H,21,24)(H,26,27). The Bertz CT molecular complexity index is 598. The Labute approximate surface area is 168 Å². The first-order chi connectivity index (χ1) is 12.9. The summed E-state index contributed by atoms with van der Waals surface area (Å²) in [6, 6.07) is -4.59. The molecule has 0 saturated carbocycles. The van der Waals surface area contributed by atoms with Crippen LogP contribution in [0.4, 0.5) is 0 Å². The van der Waals surface area contributed by atoms with Gasteiger partial charge < -0.3 is 32.5 Å². The van der Waals surface area contributed by atoms with Crippen molar-refractivity contribution in [2.24, 2.45) is 17.4 Å². The molecule has 0 aromatic heterocycles. The molecule has 28 heavy (non-hydrogen) atoms. The van der Waals surface area contributed by atoms with Crippen LogP contribution >= 0.6 is 12.6 Å². The summed E-state index contributed by atoms with van der Waals surface area (Å²) in [5, 5.41) is 16.2. The number of aliphatic carboxylic acids is 1. The highest BCUT2D eigenvalue weighted by molar-refractivity contribution is 7.80. The molecule has 4 unspecified atom stereocenters. The molecule has 0 spiro atoms. The predicted octanol–water partition coefficient (Wildman–Crippen LogP) is -2.28. The number of nitrogens with two attached hydrogens (primary N) is 2. The molecule has 0 bridgehead atoms. The first-order valence-electron chi connectivity index (χ1n) is 8.67. The third-order valence-corrected chi connectivity index (χ3v) is 3.95. The topological polar surface area (TPSA) is 194 Å². The molecule has 160 valence electrons. The normalized spacial score (nSPS) is 15.1. The first kappa shape index (κ1) is 25.7. The summed E-state index contributed by atoms with van der Waals surface area (Å²) < 4.78 is 0. The van der Waals surface area contributed by atoms with Crippen molar-refractivity contribution in [3.63, 3.8) is 0 Å². The third-order valence-electron chi connectivity index (χ3n) is 3.59. The zero-order chi connectivity index (χ0) is 22.0. The maximum atomic E-state index is 12.4. The number of carbonyl (C=O) groups excluding carboxylic acids is 4. The molecule has 12 heteroatoms. The highest BCUT2D eigenvalue weighted by Crippen LogP contribution is 2.06. The Morgan fingerprint density at radius 3 is 1.75 bits per heavy atom. The van der Waals surface area contributed by atoms with Crippen LogP contribution in [-0.4, -0.2) is 64.6 Å². The molecular weight excluding hydrogens is 390 g/mol. The number of rotatable bonds is 12. The molecular formula is C16H29N5O6S. The molecule has 4 atom stereocenters. The lowest BCUT2D eigenvalue weighted by Crippen LogP contribution is -2.58. The van der Waals surface area contributed by atoms with E-state index in [4.69, 9.17) is 11.5 Å². The third kappa shape index (κ3) is 9.55. The van der Waals surface area contributed by atoms with Crippen molar-refractivity contribution in [1.82, 2.24) is 16.0 Å². The van der Waals surface area contributed by atoms with E-state index in [1.54, 1.807) is 13.8 Å². The van der Waals surface area contributed by atoms with Crippen molar-refractivity contribution < 1.29 is 29.1 Å². The molecule has 0 aromatic rings. The van der Waals surface area contributed by atoms with Crippen molar-refractivity contribution in [3.8, 4) is 0 Å². The number of carboxylic acid groups (broad SMARTS) is 1. The smallest absolute Gasteiger partial charge is 0.326 e. The van der Waals surface area contributed by atoms with E-state index in [0.717, 1.165) is 0 Å². The van der Waals surface area contributed by atoms with Crippen molar-refractivity contribution in [3.05, 3.63) is 0 Å². The van der Waals surface area contributed by atoms with Gasteiger partial charge in [0.1, 0.15) is 18.1 Å². The van der Waals surface area contributed by atoms with Gasteiger partial charge in [0, 0.05) is 5.75 Å². The molecule has 8 N–H and O–H groups in total. The number of amides is 4. The Morgan fingerprint density at radius 2 is 1.36 bits per heavy atom. The number of thiol groups is 1. The van der Waals surface area contributed by atoms with Crippen molar-refractivity contribution in [2.75, 3.05) is 5.75 Å². The lowest BCUT2D eigenvalue weighted by Gasteiger charge is -2.24. The Balaban J connectivity index is 5.17. The fourth-order valence-electron chi connectivity index (χ4n) is 2.15. The molecule has 0 fully saturated rings. The van der Waals surface area contributed by atoms with E-state index >= 15 is 0 Å². The average Bonchev–Trinajstić information content (AvgIpc) is 2.56. The number of carbonyl (C=O) groups is 5. The van der Waals surface area contributed by atoms with Crippen molar-refractivity contribution in [2.45, 2.75) is 57.8 Å². The maximum Gasteiger partial charge on any atom is 0.326 e. The highest BCUT2D eigenvalue weighted by Gasteiger charge is 2.30. The quantitative estimate of drug-likeness (QED) is 0.173. The summed E-state index contributed by atoms with van der Waals surface area (Å²) in [5.74, 6) is -4.47. The van der Waals surface area contributed by atoms with Gasteiger partial charge in [0.25, 0.3) is 0 Å². The van der Waals surface area contributed by atoms with Gasteiger partial charge in [0.2, 0.25) is 23.6 Å². The highest BCUT2D eigenvalue weighted by atomic mass is 32.1. The number of nitrogens with one attached hydrogen (secondary N) is 3. The Morgan fingerprint density at radius 1 is 0.893 bits per heavy atom. The molecule has 0 aliphatic rings. The minimum Gasteiger partial charge on any atom is -0.480 e. The Kier molecular flexibility index (Phi) is 11.2. The fraction of sp³-hybridized carbons (Fsp3) is 0.688. The molecule has 0 heterocycles. The predicted molar refractivity (Wildman–Crippen MR) is 104 cm³/mol. The monoisotopic (exact) mass is 419 g/mol. The summed E-state index contributed by atoms with van der Waals surface area (Å²) in [5.41, 5.74) is 10.5. The molecule has 0 aromatic carbocycles. The van der Waals surface area contributed by atoms with Crippen molar-refractivity contribution >= 4 is 42.2 Å². The van der Waals surface area contributed by atoms with Crippen LogP contribution in [0.25, 0.3) is 0 Å². The van der Waals surface area contributed by atoms with Gasteiger partial charge in [-0.25, -0.2) is 4.79 Å². The van der Waals surface area contributed by atoms with Gasteiger partial charge in [-0.3, -0.25) is 19.2 Å². The van der Waals surface area contributed by atoms with E-state index in [9.17, 15) is 29.1 Å². The van der Waals surface area contributed by atoms with Gasteiger partial charge in [0.15, 0.2) is 0 Å². The maximum absolute atomic E-state index is 12.4. The second kappa shape index (κ2) is 12.2. The molecule has 4 amide bonds. The summed E-state index contributed by atoms with van der Waals surface area (Å²) in [6.45, 7) is 4.99. The molecule has 11 nitrogen and oxygen atoms in total. The second-order valence-corrected chi connectivity index (χ2v) is 7.16. The number of carboxylic acids is 1. The van der Waals surface area contributed by atoms with Gasteiger partial charge in [0.05, 0.1) is 12.5 Å². The zero-order valence-corrected chi connectivity index (χ0v) is 17.0. The first-order valence-corrected chi connectivity index (χ1v) is 9.30. The van der Waals surface area contributed by atoms with Crippen LogP contribution in [0.1, 0.15) is 33.6 Å². The SMILES string of the molecule is CC(C)CC(NC(=O)C(CS)NC(=O)C(CC(N)=O)NC(=O)C(C)N)C(=O)O. The summed E-state index contributed by atoms with van der Waals surface area (Å²) in [4.78, 5) is 58.9. The summed E-state index contributed by atoms with van der Waals surface area (Å²) >= 11 is 3.99. The van der Waals surface area contributed by atoms with Crippen LogP contribution in [0.15, 0.2) is 0 Å². The van der Waals surface area contributed by atoms with E-state index in [2.05, 4.69) is 28.6 Å². The molecule has 0 aliphatic heterocycles. The average molecular weight is 420 g/mol. The number of primary amides is 1. The van der Waals surface area contributed by atoms with E-state index in [0.29, 0.717) is 0 Å². The van der Waals surface area contributed by atoms with E-state index in [1.165, 1.54) is 6.92 Å². The lowest BCUT2D eigenvalue weighted by atomic mass is 10.0. The van der Waals surface area contributed by atoms with Gasteiger partial charge in [-0.2, -0.15) is 12.6 Å². The fourth-order valence-corrected chi connectivity index (χ4v) is 2.40. The molecule has 0 aliphatic carbocycles. The largest absolute Gasteiger partial charge is 0.480 e. The lowest BCUT2D eigenvalue weighted by molar-refractivity contribution is -0.142. The summed E-state index contributed by atoms with van der Waals surface area (Å²) in [6.07, 6.45) is -0.306. The van der Waals surface area contributed by atoms with Crippen LogP contribution in [0.2, 0.25) is 0 Å². The van der Waals surface area contributed by atoms with Crippen molar-refractivity contribution in [1.29, 1.82) is 0 Å². The van der Waals surface area contributed by atoms with Gasteiger partial charge >= 0.3 is 5.97 Å². The molecule has 0 saturated heterocycles. The molecule has 0 radical (unpaired) electrons. The Hall–Kier alpha value is -2.34. The van der Waals surface area contributed by atoms with E-state index in [-0.39, 0.29) is 18.1 Å².